The summed E-state index contributed by atoms with van der Waals surface area (Å²) in [4.78, 5) is 14.3. The van der Waals surface area contributed by atoms with E-state index in [2.05, 4.69) is 0 Å². The van der Waals surface area contributed by atoms with Gasteiger partial charge in [0.15, 0.2) is 0 Å². The topological polar surface area (TPSA) is 20.3 Å². The predicted octanol–water partition coefficient (Wildman–Crippen LogP) is 4.54. The number of benzene rings is 2. The Kier molecular flexibility index (Phi) is 4.35. The highest BCUT2D eigenvalue weighted by molar-refractivity contribution is 5.96. The molecule has 126 valence electrons. The number of hydrogen-bond donors (Lipinski definition) is 0. The molecule has 1 amide bonds. The Labute approximate surface area is 138 Å². The highest BCUT2D eigenvalue weighted by atomic mass is 19.4. The lowest BCUT2D eigenvalue weighted by Gasteiger charge is -2.30. The number of alkyl halides is 3. The molecule has 3 rings (SSSR count). The number of carbonyl (C=O) groups is 1. The van der Waals surface area contributed by atoms with Gasteiger partial charge in [0, 0.05) is 12.2 Å². The molecule has 0 radical (unpaired) electrons. The lowest BCUT2D eigenvalue weighted by atomic mass is 9.97. The van der Waals surface area contributed by atoms with Crippen LogP contribution >= 0.6 is 0 Å². The van der Waals surface area contributed by atoms with Gasteiger partial charge in [-0.3, -0.25) is 4.79 Å². The Balaban J connectivity index is 1.87. The molecule has 0 aliphatic carbocycles. The van der Waals surface area contributed by atoms with Crippen molar-refractivity contribution >= 4 is 11.6 Å². The zero-order valence-electron chi connectivity index (χ0n) is 13.4. The number of aryl methyl sites for hydroxylation is 2. The van der Waals surface area contributed by atoms with Crippen LogP contribution in [-0.4, -0.2) is 12.5 Å². The minimum Gasteiger partial charge on any atom is -0.312 e. The van der Waals surface area contributed by atoms with Gasteiger partial charge in [-0.05, 0) is 54.7 Å². The average molecular weight is 333 g/mol. The predicted molar refractivity (Wildman–Crippen MR) is 87.0 cm³/mol. The maximum atomic E-state index is 12.9. The van der Waals surface area contributed by atoms with Gasteiger partial charge in [-0.25, -0.2) is 0 Å². The summed E-state index contributed by atoms with van der Waals surface area (Å²) in [5, 5.41) is 0. The van der Waals surface area contributed by atoms with Crippen molar-refractivity contribution in [2.24, 2.45) is 0 Å². The van der Waals surface area contributed by atoms with E-state index < -0.39 is 11.7 Å². The van der Waals surface area contributed by atoms with Crippen molar-refractivity contribution in [1.29, 1.82) is 0 Å². The summed E-state index contributed by atoms with van der Waals surface area (Å²) < 4.78 is 38.6. The monoisotopic (exact) mass is 333 g/mol. The summed E-state index contributed by atoms with van der Waals surface area (Å²) in [6, 6.07) is 11.3. The largest absolute Gasteiger partial charge is 0.416 e. The fourth-order valence-corrected chi connectivity index (χ4v) is 3.10. The summed E-state index contributed by atoms with van der Waals surface area (Å²) in [6.07, 6.45) is -2.86. The fraction of sp³-hybridized carbons (Fsp3) is 0.316. The second-order valence-corrected chi connectivity index (χ2v) is 6.09. The van der Waals surface area contributed by atoms with Crippen molar-refractivity contribution < 1.29 is 18.0 Å². The van der Waals surface area contributed by atoms with Crippen LogP contribution in [0.15, 0.2) is 42.5 Å². The second kappa shape index (κ2) is 6.30. The Morgan fingerprint density at radius 1 is 1.17 bits per heavy atom. The van der Waals surface area contributed by atoms with Crippen LogP contribution in [0.4, 0.5) is 18.9 Å². The molecular formula is C19H18F3NO. The van der Waals surface area contributed by atoms with Crippen molar-refractivity contribution in [3.8, 4) is 0 Å². The number of anilines is 1. The van der Waals surface area contributed by atoms with E-state index in [0.717, 1.165) is 17.2 Å². The zero-order chi connectivity index (χ0) is 17.3. The van der Waals surface area contributed by atoms with Crippen LogP contribution in [0.3, 0.4) is 0 Å². The number of fused-ring (bicyclic) bond motifs is 1. The van der Waals surface area contributed by atoms with Gasteiger partial charge in [0.2, 0.25) is 5.91 Å². The fourth-order valence-electron chi connectivity index (χ4n) is 3.10. The first-order valence-electron chi connectivity index (χ1n) is 7.91. The summed E-state index contributed by atoms with van der Waals surface area (Å²) >= 11 is 0. The average Bonchev–Trinajstić information content (AvgIpc) is 2.55. The third-order valence-electron chi connectivity index (χ3n) is 4.43. The van der Waals surface area contributed by atoms with Crippen molar-refractivity contribution in [1.82, 2.24) is 0 Å². The van der Waals surface area contributed by atoms with Crippen molar-refractivity contribution in [2.45, 2.75) is 32.4 Å². The van der Waals surface area contributed by atoms with Gasteiger partial charge in [0.25, 0.3) is 0 Å². The van der Waals surface area contributed by atoms with E-state index in [1.165, 1.54) is 12.1 Å². The lowest BCUT2D eigenvalue weighted by Crippen LogP contribution is -2.36. The molecule has 2 aromatic carbocycles. The van der Waals surface area contributed by atoms with Gasteiger partial charge in [-0.2, -0.15) is 13.2 Å². The van der Waals surface area contributed by atoms with Crippen molar-refractivity contribution in [3.63, 3.8) is 0 Å². The maximum Gasteiger partial charge on any atom is 0.416 e. The van der Waals surface area contributed by atoms with E-state index in [0.29, 0.717) is 30.6 Å². The van der Waals surface area contributed by atoms with Crippen molar-refractivity contribution in [2.75, 3.05) is 11.4 Å². The molecule has 0 saturated carbocycles. The molecule has 2 aromatic rings. The smallest absolute Gasteiger partial charge is 0.312 e. The Morgan fingerprint density at radius 3 is 2.62 bits per heavy atom. The van der Waals surface area contributed by atoms with Crippen LogP contribution in [0, 0.1) is 6.92 Å². The zero-order valence-corrected chi connectivity index (χ0v) is 13.4. The lowest BCUT2D eigenvalue weighted by molar-refractivity contribution is -0.137. The number of halogens is 3. The minimum atomic E-state index is -4.36. The van der Waals surface area contributed by atoms with Crippen LogP contribution < -0.4 is 4.90 Å². The molecular weight excluding hydrogens is 315 g/mol. The molecule has 1 aliphatic heterocycles. The van der Waals surface area contributed by atoms with Gasteiger partial charge >= 0.3 is 6.18 Å². The Hall–Kier alpha value is -2.30. The first-order valence-corrected chi connectivity index (χ1v) is 7.91. The van der Waals surface area contributed by atoms with Gasteiger partial charge in [0.05, 0.1) is 12.0 Å². The standard InChI is InChI=1S/C19H18F3NO/c1-13-5-2-3-6-14(13)12-18(24)23-10-4-7-15-11-16(19(20,21)22)8-9-17(15)23/h2-3,5-6,8-9,11H,4,7,10,12H2,1H3. The van der Waals surface area contributed by atoms with Crippen molar-refractivity contribution in [3.05, 3.63) is 64.7 Å². The van der Waals surface area contributed by atoms with Crippen LogP contribution in [0.25, 0.3) is 0 Å². The Bertz CT molecular complexity index is 767. The molecule has 24 heavy (non-hydrogen) atoms. The first-order chi connectivity index (χ1) is 11.4. The molecule has 2 nitrogen and oxygen atoms in total. The first kappa shape index (κ1) is 16.6. The molecule has 0 bridgehead atoms. The van der Waals surface area contributed by atoms with Crippen LogP contribution in [0.2, 0.25) is 0 Å². The molecule has 0 N–H and O–H groups in total. The van der Waals surface area contributed by atoms with Crippen LogP contribution in [-0.2, 0) is 23.8 Å². The summed E-state index contributed by atoms with van der Waals surface area (Å²) in [7, 11) is 0. The minimum absolute atomic E-state index is 0.0787. The number of hydrogen-bond acceptors (Lipinski definition) is 1. The molecule has 0 atom stereocenters. The van der Waals surface area contributed by atoms with E-state index in [-0.39, 0.29) is 12.3 Å². The highest BCUT2D eigenvalue weighted by Gasteiger charge is 2.32. The highest BCUT2D eigenvalue weighted by Crippen LogP contribution is 2.35. The maximum absolute atomic E-state index is 12.9. The van der Waals surface area contributed by atoms with E-state index in [1.807, 2.05) is 31.2 Å². The molecule has 1 aliphatic rings. The molecule has 0 fully saturated rings. The quantitative estimate of drug-likeness (QED) is 0.790. The van der Waals surface area contributed by atoms with Crippen LogP contribution in [0.5, 0.6) is 0 Å². The molecule has 0 aromatic heterocycles. The van der Waals surface area contributed by atoms with E-state index in [1.54, 1.807) is 4.90 Å². The van der Waals surface area contributed by atoms with E-state index >= 15 is 0 Å². The SMILES string of the molecule is Cc1ccccc1CC(=O)N1CCCc2cc(C(F)(F)F)ccc21. The van der Waals surface area contributed by atoms with Gasteiger partial charge in [-0.15, -0.1) is 0 Å². The number of nitrogens with zero attached hydrogens (tertiary/aromatic N) is 1. The Morgan fingerprint density at radius 2 is 1.92 bits per heavy atom. The molecule has 0 spiro atoms. The third-order valence-corrected chi connectivity index (χ3v) is 4.43. The van der Waals surface area contributed by atoms with Gasteiger partial charge in [-0.1, -0.05) is 24.3 Å². The molecule has 5 heteroatoms. The summed E-state index contributed by atoms with van der Waals surface area (Å²) in [5.41, 5.74) is 2.52. The van der Waals surface area contributed by atoms with Gasteiger partial charge < -0.3 is 4.90 Å². The molecule has 1 heterocycles. The van der Waals surface area contributed by atoms with E-state index in [4.69, 9.17) is 0 Å². The summed E-state index contributed by atoms with van der Waals surface area (Å²) in [5.74, 6) is -0.0787. The number of rotatable bonds is 2. The normalized spacial score (nSPS) is 14.4. The molecule has 0 saturated heterocycles. The summed E-state index contributed by atoms with van der Waals surface area (Å²) in [6.45, 7) is 2.49. The molecule has 0 unspecified atom stereocenters. The number of amides is 1. The van der Waals surface area contributed by atoms with E-state index in [9.17, 15) is 18.0 Å². The number of carbonyl (C=O) groups excluding carboxylic acids is 1. The van der Waals surface area contributed by atoms with Gasteiger partial charge in [0.1, 0.15) is 0 Å². The third kappa shape index (κ3) is 3.30. The van der Waals surface area contributed by atoms with Crippen LogP contribution in [0.1, 0.15) is 28.7 Å². The second-order valence-electron chi connectivity index (χ2n) is 6.09.